The number of amides is 2. The molecule has 204 valence electrons. The predicted octanol–water partition coefficient (Wildman–Crippen LogP) is 6.07. The molecule has 0 unspecified atom stereocenters. The highest BCUT2D eigenvalue weighted by Gasteiger charge is 2.26. The molecule has 2 amide bonds. The summed E-state index contributed by atoms with van der Waals surface area (Å²) in [6.07, 6.45) is 0. The molecule has 0 fully saturated rings. The normalized spacial score (nSPS) is 11.5. The van der Waals surface area contributed by atoms with Crippen LogP contribution in [0, 0.1) is 0 Å². The van der Waals surface area contributed by atoms with Crippen LogP contribution in [0.4, 0.5) is 4.79 Å². The van der Waals surface area contributed by atoms with E-state index in [2.05, 4.69) is 15.0 Å². The number of hydrogen-bond donors (Lipinski definition) is 2. The summed E-state index contributed by atoms with van der Waals surface area (Å²) in [6.45, 7) is 5.25. The van der Waals surface area contributed by atoms with Crippen LogP contribution in [-0.2, 0) is 10.0 Å². The van der Waals surface area contributed by atoms with Crippen LogP contribution in [0.15, 0.2) is 77.0 Å². The van der Waals surface area contributed by atoms with Crippen LogP contribution in [0.3, 0.4) is 0 Å². The molecule has 0 aliphatic carbocycles. The summed E-state index contributed by atoms with van der Waals surface area (Å²) in [7, 11) is -1.23. The third-order valence-corrected chi connectivity index (χ3v) is 7.54. The number of thiazole rings is 1. The van der Waals surface area contributed by atoms with Gasteiger partial charge in [-0.05, 0) is 74.4 Å². The van der Waals surface area contributed by atoms with Crippen molar-refractivity contribution in [2.45, 2.75) is 31.2 Å². The van der Waals surface area contributed by atoms with E-state index in [9.17, 15) is 13.2 Å². The molecule has 3 aromatic carbocycles. The summed E-state index contributed by atoms with van der Waals surface area (Å²) in [4.78, 5) is 16.6. The average Bonchev–Trinajstić information content (AvgIpc) is 3.37. The number of ether oxygens (including phenoxy) is 3. The van der Waals surface area contributed by atoms with Gasteiger partial charge in [-0.1, -0.05) is 35.6 Å². The monoisotopic (exact) mass is 567 g/mol. The molecule has 0 atom stereocenters. The van der Waals surface area contributed by atoms with E-state index in [-0.39, 0.29) is 10.6 Å². The molecule has 39 heavy (non-hydrogen) atoms. The second kappa shape index (κ2) is 11.3. The van der Waals surface area contributed by atoms with E-state index in [1.54, 1.807) is 51.5 Å². The van der Waals surface area contributed by atoms with E-state index >= 15 is 0 Å². The van der Waals surface area contributed by atoms with Crippen LogP contribution in [0.25, 0.3) is 22.4 Å². The fourth-order valence-corrected chi connectivity index (χ4v) is 5.35. The zero-order valence-corrected chi connectivity index (χ0v) is 23.8. The maximum atomic E-state index is 13.4. The lowest BCUT2D eigenvalue weighted by molar-refractivity contribution is 0.237. The first kappa shape index (κ1) is 27.9. The van der Waals surface area contributed by atoms with Crippen LogP contribution >= 0.6 is 11.3 Å². The van der Waals surface area contributed by atoms with Gasteiger partial charge in [0, 0.05) is 16.5 Å². The first-order chi connectivity index (χ1) is 18.5. The van der Waals surface area contributed by atoms with Gasteiger partial charge in [0.1, 0.15) is 22.1 Å². The van der Waals surface area contributed by atoms with Gasteiger partial charge in [0.25, 0.3) is 15.2 Å². The smallest absolute Gasteiger partial charge is 0.329 e. The molecular formula is C28H29N3O6S2. The number of sulfonamides is 1. The van der Waals surface area contributed by atoms with Gasteiger partial charge < -0.3 is 19.5 Å². The number of urea groups is 1. The van der Waals surface area contributed by atoms with Crippen molar-refractivity contribution >= 4 is 27.4 Å². The molecule has 4 aromatic rings. The van der Waals surface area contributed by atoms with Crippen molar-refractivity contribution in [2.75, 3.05) is 14.2 Å². The minimum Gasteiger partial charge on any atom is -0.497 e. The van der Waals surface area contributed by atoms with E-state index in [1.165, 1.54) is 30.6 Å². The van der Waals surface area contributed by atoms with E-state index < -0.39 is 21.6 Å². The molecule has 11 heteroatoms. The standard InChI is InChI=1S/C28H29N3O6S2/c1-28(2,3)30-26(32)31-39(33,34)25-16-20(23-17-38-27(29-23)36-5)11-14-24(25)37-22-8-6-7-19(15-22)18-9-12-21(35-4)13-10-18/h6-17H,1-5H3,(H2,30,31,32). The number of aromatic nitrogens is 1. The Morgan fingerprint density at radius 1 is 0.872 bits per heavy atom. The van der Waals surface area contributed by atoms with Gasteiger partial charge in [-0.15, -0.1) is 0 Å². The minimum absolute atomic E-state index is 0.0453. The van der Waals surface area contributed by atoms with Gasteiger partial charge in [-0.25, -0.2) is 22.9 Å². The minimum atomic E-state index is -4.34. The summed E-state index contributed by atoms with van der Waals surface area (Å²) >= 11 is 1.28. The molecule has 1 aromatic heterocycles. The molecule has 0 aliphatic rings. The molecule has 0 saturated heterocycles. The molecule has 2 N–H and O–H groups in total. The van der Waals surface area contributed by atoms with Crippen molar-refractivity contribution in [2.24, 2.45) is 0 Å². The van der Waals surface area contributed by atoms with E-state index in [4.69, 9.17) is 14.2 Å². The number of nitrogens with one attached hydrogen (secondary N) is 2. The highest BCUT2D eigenvalue weighted by atomic mass is 32.2. The van der Waals surface area contributed by atoms with Gasteiger partial charge in [0.05, 0.1) is 19.9 Å². The van der Waals surface area contributed by atoms with Crippen molar-refractivity contribution in [3.63, 3.8) is 0 Å². The fraction of sp³-hybridized carbons (Fsp3) is 0.214. The average molecular weight is 568 g/mol. The summed E-state index contributed by atoms with van der Waals surface area (Å²) in [5.74, 6) is 1.20. The van der Waals surface area contributed by atoms with Crippen LogP contribution in [-0.4, -0.2) is 39.2 Å². The van der Waals surface area contributed by atoms with Gasteiger partial charge in [0.2, 0.25) is 0 Å². The Balaban J connectivity index is 1.71. The van der Waals surface area contributed by atoms with E-state index in [0.29, 0.717) is 22.2 Å². The molecule has 1 heterocycles. The third-order valence-electron chi connectivity index (χ3n) is 5.39. The maximum absolute atomic E-state index is 13.4. The Bertz CT molecular complexity index is 1580. The summed E-state index contributed by atoms with van der Waals surface area (Å²) in [6, 6.07) is 18.6. The Morgan fingerprint density at radius 3 is 2.23 bits per heavy atom. The van der Waals surface area contributed by atoms with Crippen LogP contribution < -0.4 is 24.2 Å². The first-order valence-electron chi connectivity index (χ1n) is 11.9. The van der Waals surface area contributed by atoms with Crippen LogP contribution in [0.2, 0.25) is 0 Å². The Morgan fingerprint density at radius 2 is 1.59 bits per heavy atom. The highest BCUT2D eigenvalue weighted by Crippen LogP contribution is 2.35. The van der Waals surface area contributed by atoms with Crippen molar-refractivity contribution in [3.05, 3.63) is 72.1 Å². The number of carbonyl (C=O) groups excluding carboxylic acids is 1. The van der Waals surface area contributed by atoms with E-state index in [0.717, 1.165) is 16.9 Å². The Hall–Kier alpha value is -4.09. The Kier molecular flexibility index (Phi) is 8.12. The Labute approximate surface area is 231 Å². The highest BCUT2D eigenvalue weighted by molar-refractivity contribution is 7.90. The summed E-state index contributed by atoms with van der Waals surface area (Å²) in [5.41, 5.74) is 2.21. The van der Waals surface area contributed by atoms with Gasteiger partial charge in [-0.2, -0.15) is 0 Å². The van der Waals surface area contributed by atoms with Crippen molar-refractivity contribution in [1.82, 2.24) is 15.0 Å². The summed E-state index contributed by atoms with van der Waals surface area (Å²) in [5, 5.41) is 4.79. The number of benzene rings is 3. The number of nitrogens with zero attached hydrogens (tertiary/aromatic N) is 1. The van der Waals surface area contributed by atoms with Crippen molar-refractivity contribution in [1.29, 1.82) is 0 Å². The molecule has 0 radical (unpaired) electrons. The molecular weight excluding hydrogens is 538 g/mol. The van der Waals surface area contributed by atoms with E-state index in [1.807, 2.05) is 36.4 Å². The molecule has 0 spiro atoms. The van der Waals surface area contributed by atoms with Gasteiger partial charge in [0.15, 0.2) is 0 Å². The summed E-state index contributed by atoms with van der Waals surface area (Å²) < 4.78 is 45.4. The quantitative estimate of drug-likeness (QED) is 0.265. The van der Waals surface area contributed by atoms with Crippen molar-refractivity contribution in [3.8, 4) is 44.8 Å². The molecule has 0 bridgehead atoms. The SMILES string of the molecule is COc1ccc(-c2cccc(Oc3ccc(-c4csc(OC)n4)cc3S(=O)(=O)NC(=O)NC(C)(C)C)c2)cc1. The lowest BCUT2D eigenvalue weighted by Crippen LogP contribution is -2.48. The largest absolute Gasteiger partial charge is 0.497 e. The first-order valence-corrected chi connectivity index (χ1v) is 14.2. The molecule has 0 saturated carbocycles. The number of rotatable bonds is 8. The number of hydrogen-bond acceptors (Lipinski definition) is 8. The third kappa shape index (κ3) is 7.06. The zero-order valence-electron chi connectivity index (χ0n) is 22.1. The van der Waals surface area contributed by atoms with Crippen LogP contribution in [0.5, 0.6) is 22.4 Å². The van der Waals surface area contributed by atoms with Gasteiger partial charge >= 0.3 is 6.03 Å². The lowest BCUT2D eigenvalue weighted by atomic mass is 10.1. The number of carbonyl (C=O) groups is 1. The second-order valence-electron chi connectivity index (χ2n) is 9.53. The zero-order chi connectivity index (χ0) is 28.2. The maximum Gasteiger partial charge on any atom is 0.329 e. The molecule has 4 rings (SSSR count). The second-order valence-corrected chi connectivity index (χ2v) is 12.0. The predicted molar refractivity (Wildman–Crippen MR) is 151 cm³/mol. The van der Waals surface area contributed by atoms with Gasteiger partial charge in [-0.3, -0.25) is 0 Å². The fourth-order valence-electron chi connectivity index (χ4n) is 3.64. The number of methoxy groups -OCH3 is 2. The molecule has 0 aliphatic heterocycles. The topological polar surface area (TPSA) is 116 Å². The lowest BCUT2D eigenvalue weighted by Gasteiger charge is -2.21. The van der Waals surface area contributed by atoms with Crippen LogP contribution in [0.1, 0.15) is 20.8 Å². The van der Waals surface area contributed by atoms with Crippen molar-refractivity contribution < 1.29 is 27.4 Å². The molecule has 9 nitrogen and oxygen atoms in total.